The summed E-state index contributed by atoms with van der Waals surface area (Å²) in [5.74, 6) is 0.718. The number of aryl methyl sites for hydroxylation is 2. The van der Waals surface area contributed by atoms with Crippen LogP contribution in [0, 0.1) is 13.8 Å². The summed E-state index contributed by atoms with van der Waals surface area (Å²) >= 11 is 0. The van der Waals surface area contributed by atoms with Gasteiger partial charge in [0.25, 0.3) is 0 Å². The molecule has 2 aromatic rings. The van der Waals surface area contributed by atoms with Crippen LogP contribution in [-0.4, -0.2) is 56.0 Å². The first-order valence-corrected chi connectivity index (χ1v) is 14.1. The molecule has 0 atom stereocenters. The molecular weight excluding hydrogens is 524 g/mol. The van der Waals surface area contributed by atoms with Crippen LogP contribution in [0.15, 0.2) is 45.5 Å². The van der Waals surface area contributed by atoms with Crippen molar-refractivity contribution in [1.29, 1.82) is 0 Å². The molecule has 0 spiro atoms. The van der Waals surface area contributed by atoms with Gasteiger partial charge in [-0.1, -0.05) is 33.7 Å². The molecule has 0 radical (unpaired) electrons. The summed E-state index contributed by atoms with van der Waals surface area (Å²) in [5.41, 5.74) is 16.4. The topological polar surface area (TPSA) is 159 Å². The van der Waals surface area contributed by atoms with Gasteiger partial charge in [-0.25, -0.2) is 9.97 Å². The predicted octanol–water partition coefficient (Wildman–Crippen LogP) is 3.48. The van der Waals surface area contributed by atoms with E-state index in [9.17, 15) is 19.8 Å². The molecule has 12 heteroatoms. The van der Waals surface area contributed by atoms with Crippen LogP contribution < -0.4 is 11.5 Å². The van der Waals surface area contributed by atoms with Gasteiger partial charge in [0.15, 0.2) is 0 Å². The Morgan fingerprint density at radius 3 is 1.45 bits per heavy atom. The van der Waals surface area contributed by atoms with Gasteiger partial charge in [0.05, 0.1) is 13.1 Å². The number of aliphatic hydroxyl groups excluding tert-OH is 2. The van der Waals surface area contributed by atoms with Crippen molar-refractivity contribution in [2.45, 2.75) is 53.6 Å². The SMILES string of the molecule is C/C(=C(\CCO)SS/C(CCO)=C(/C)N(C=O)Cc1ccc(C)nc1N)N(C=O)Cc1ccc(C)nc1N. The van der Waals surface area contributed by atoms with E-state index in [4.69, 9.17) is 11.5 Å². The van der Waals surface area contributed by atoms with E-state index in [0.29, 0.717) is 47.0 Å². The molecule has 6 N–H and O–H groups in total. The molecule has 0 saturated carbocycles. The summed E-state index contributed by atoms with van der Waals surface area (Å²) < 4.78 is 0. The van der Waals surface area contributed by atoms with Gasteiger partial charge in [-0.15, -0.1) is 0 Å². The minimum absolute atomic E-state index is 0.112. The number of amides is 2. The lowest BCUT2D eigenvalue weighted by Gasteiger charge is -2.24. The number of anilines is 2. The van der Waals surface area contributed by atoms with Gasteiger partial charge in [-0.05, 0) is 39.8 Å². The van der Waals surface area contributed by atoms with Crippen LogP contribution in [0.2, 0.25) is 0 Å². The third-order valence-electron chi connectivity index (χ3n) is 5.83. The monoisotopic (exact) mass is 560 g/mol. The lowest BCUT2D eigenvalue weighted by Crippen LogP contribution is -2.22. The Kier molecular flexibility index (Phi) is 12.6. The summed E-state index contributed by atoms with van der Waals surface area (Å²) in [6, 6.07) is 7.34. The van der Waals surface area contributed by atoms with Gasteiger partial charge in [0.2, 0.25) is 12.8 Å². The van der Waals surface area contributed by atoms with E-state index in [-0.39, 0.29) is 26.3 Å². The maximum Gasteiger partial charge on any atom is 0.214 e. The smallest absolute Gasteiger partial charge is 0.214 e. The second-order valence-electron chi connectivity index (χ2n) is 8.59. The molecule has 0 aromatic carbocycles. The predicted molar refractivity (Wildman–Crippen MR) is 154 cm³/mol. The largest absolute Gasteiger partial charge is 0.396 e. The highest BCUT2D eigenvalue weighted by Gasteiger charge is 2.18. The van der Waals surface area contributed by atoms with Gasteiger partial charge in [-0.3, -0.25) is 9.59 Å². The molecule has 0 unspecified atom stereocenters. The molecule has 0 aliphatic carbocycles. The van der Waals surface area contributed by atoms with Gasteiger partial charge >= 0.3 is 0 Å². The molecule has 2 amide bonds. The van der Waals surface area contributed by atoms with Crippen LogP contribution in [0.4, 0.5) is 11.6 Å². The Morgan fingerprint density at radius 2 is 1.16 bits per heavy atom. The number of hydrogen-bond donors (Lipinski definition) is 4. The Balaban J connectivity index is 2.30. The first-order chi connectivity index (χ1) is 18.1. The van der Waals surface area contributed by atoms with Crippen molar-refractivity contribution >= 4 is 46.0 Å². The molecule has 0 saturated heterocycles. The van der Waals surface area contributed by atoms with E-state index >= 15 is 0 Å². The van der Waals surface area contributed by atoms with E-state index in [0.717, 1.165) is 34.0 Å². The van der Waals surface area contributed by atoms with Crippen molar-refractivity contribution in [3.63, 3.8) is 0 Å². The van der Waals surface area contributed by atoms with E-state index in [1.165, 1.54) is 31.4 Å². The van der Waals surface area contributed by atoms with Gasteiger partial charge in [0.1, 0.15) is 11.6 Å². The second kappa shape index (κ2) is 15.4. The number of nitrogens with two attached hydrogens (primary N) is 2. The fraction of sp³-hybridized carbons (Fsp3) is 0.385. The van der Waals surface area contributed by atoms with E-state index < -0.39 is 0 Å². The number of hydrogen-bond acceptors (Lipinski definition) is 10. The molecule has 0 aliphatic heterocycles. The molecule has 2 heterocycles. The van der Waals surface area contributed by atoms with Crippen LogP contribution in [-0.2, 0) is 22.7 Å². The highest BCUT2D eigenvalue weighted by atomic mass is 33.1. The average Bonchev–Trinajstić information content (AvgIpc) is 2.88. The molecule has 38 heavy (non-hydrogen) atoms. The molecular formula is C26H36N6O4S2. The summed E-state index contributed by atoms with van der Waals surface area (Å²) in [4.78, 5) is 37.1. The molecule has 206 valence electrons. The van der Waals surface area contributed by atoms with E-state index in [1.807, 2.05) is 38.1 Å². The lowest BCUT2D eigenvalue weighted by atomic mass is 10.2. The van der Waals surface area contributed by atoms with Gasteiger partial charge in [0, 0.05) is 69.8 Å². The van der Waals surface area contributed by atoms with Gasteiger partial charge < -0.3 is 31.5 Å². The normalized spacial score (nSPS) is 12.5. The van der Waals surface area contributed by atoms with Crippen molar-refractivity contribution in [1.82, 2.24) is 19.8 Å². The lowest BCUT2D eigenvalue weighted by molar-refractivity contribution is -0.117. The molecule has 0 bridgehead atoms. The summed E-state index contributed by atoms with van der Waals surface area (Å²) in [7, 11) is 2.74. The minimum atomic E-state index is -0.112. The number of aliphatic hydroxyl groups is 2. The summed E-state index contributed by atoms with van der Waals surface area (Å²) in [6.45, 7) is 7.53. The van der Waals surface area contributed by atoms with E-state index in [2.05, 4.69) is 9.97 Å². The number of carbonyl (C=O) groups is 2. The van der Waals surface area contributed by atoms with Crippen LogP contribution >= 0.6 is 21.6 Å². The Hall–Kier alpha value is -3.06. The number of allylic oxidation sites excluding steroid dienone is 2. The fourth-order valence-electron chi connectivity index (χ4n) is 3.51. The third-order valence-corrected chi connectivity index (χ3v) is 8.77. The molecule has 0 aliphatic rings. The highest BCUT2D eigenvalue weighted by Crippen LogP contribution is 2.42. The zero-order chi connectivity index (χ0) is 28.2. The maximum atomic E-state index is 12.0. The average molecular weight is 561 g/mol. The van der Waals surface area contributed by atoms with Crippen molar-refractivity contribution in [2.24, 2.45) is 0 Å². The summed E-state index contributed by atoms with van der Waals surface area (Å²) in [6.07, 6.45) is 2.09. The van der Waals surface area contributed by atoms with Gasteiger partial charge in [-0.2, -0.15) is 0 Å². The van der Waals surface area contributed by atoms with Crippen molar-refractivity contribution in [3.05, 3.63) is 68.0 Å². The second-order valence-corrected chi connectivity index (χ2v) is 10.9. The van der Waals surface area contributed by atoms with Crippen LogP contribution in [0.25, 0.3) is 0 Å². The minimum Gasteiger partial charge on any atom is -0.396 e. The number of carbonyl (C=O) groups excluding carboxylic acids is 2. The summed E-state index contributed by atoms with van der Waals surface area (Å²) in [5, 5.41) is 19.4. The van der Waals surface area contributed by atoms with E-state index in [1.54, 1.807) is 13.8 Å². The molecule has 0 fully saturated rings. The third kappa shape index (κ3) is 8.76. The Labute approximate surface area is 231 Å². The number of aromatic nitrogens is 2. The highest BCUT2D eigenvalue weighted by molar-refractivity contribution is 8.79. The van der Waals surface area contributed by atoms with Crippen molar-refractivity contribution < 1.29 is 19.8 Å². The Bertz CT molecular complexity index is 1100. The fourth-order valence-corrected chi connectivity index (χ4v) is 6.36. The first kappa shape index (κ1) is 31.2. The number of pyridine rings is 2. The van der Waals surface area contributed by atoms with Crippen LogP contribution in [0.1, 0.15) is 49.2 Å². The van der Waals surface area contributed by atoms with Crippen molar-refractivity contribution in [2.75, 3.05) is 24.7 Å². The molecule has 2 aromatic heterocycles. The number of nitrogen functional groups attached to an aromatic ring is 2. The quantitative estimate of drug-likeness (QED) is 0.188. The number of rotatable bonds is 15. The maximum absolute atomic E-state index is 12.0. The zero-order valence-corrected chi connectivity index (χ0v) is 23.8. The van der Waals surface area contributed by atoms with Crippen LogP contribution in [0.5, 0.6) is 0 Å². The van der Waals surface area contributed by atoms with Crippen molar-refractivity contribution in [3.8, 4) is 0 Å². The molecule has 10 nitrogen and oxygen atoms in total. The first-order valence-electron chi connectivity index (χ1n) is 12.0. The zero-order valence-electron chi connectivity index (χ0n) is 22.2. The Morgan fingerprint density at radius 1 is 0.789 bits per heavy atom. The standard InChI is InChI=1S/C26H36N6O4S2/c1-17-5-7-21(25(27)29-17)13-31(15-35)19(3)23(9-11-33)37-38-24(10-12-34)20(4)32(16-36)14-22-8-6-18(2)30-26(22)28/h5-8,15-16,33-34H,9-14H2,1-4H3,(H2,27,29)(H2,28,30)/b23-19-,24-20-. The number of nitrogens with zero attached hydrogens (tertiary/aromatic N) is 4. The van der Waals surface area contributed by atoms with Crippen LogP contribution in [0.3, 0.4) is 0 Å². The molecule has 2 rings (SSSR count).